The van der Waals surface area contributed by atoms with Crippen LogP contribution in [-0.4, -0.2) is 31.6 Å². The van der Waals surface area contributed by atoms with E-state index in [1.807, 2.05) is 41.7 Å². The van der Waals surface area contributed by atoms with Gasteiger partial charge in [0.25, 0.3) is 0 Å². The molecule has 2 atom stereocenters. The van der Waals surface area contributed by atoms with E-state index in [1.165, 1.54) is 0 Å². The Kier molecular flexibility index (Phi) is 5.05. The maximum atomic E-state index is 11.4. The molecule has 0 fully saturated rings. The predicted octanol–water partition coefficient (Wildman–Crippen LogP) is 3.49. The number of fused-ring (bicyclic) bond motifs is 3. The van der Waals surface area contributed by atoms with Gasteiger partial charge in [0.15, 0.2) is 5.65 Å². The van der Waals surface area contributed by atoms with E-state index in [1.54, 1.807) is 6.26 Å². The van der Waals surface area contributed by atoms with Crippen molar-refractivity contribution < 1.29 is 4.21 Å². The lowest BCUT2D eigenvalue weighted by Crippen LogP contribution is -2.20. The number of hydrogen-bond donors (Lipinski definition) is 1. The SMILES string of the molecule is CCc1cc(N[C@H](C)CC[S@@](C)=O)n2c(nc3ccccc32)c1C#N. The number of para-hydroxylation sites is 2. The van der Waals surface area contributed by atoms with E-state index < -0.39 is 10.8 Å². The number of nitrogens with zero attached hydrogens (tertiary/aromatic N) is 3. The van der Waals surface area contributed by atoms with E-state index in [0.29, 0.717) is 17.0 Å². The average molecular weight is 354 g/mol. The van der Waals surface area contributed by atoms with Crippen molar-refractivity contribution in [1.82, 2.24) is 9.38 Å². The molecular weight excluding hydrogens is 332 g/mol. The Morgan fingerprint density at radius 3 is 2.84 bits per heavy atom. The molecular formula is C19H22N4OS. The van der Waals surface area contributed by atoms with Crippen molar-refractivity contribution in [2.45, 2.75) is 32.7 Å². The van der Waals surface area contributed by atoms with Crippen LogP contribution in [-0.2, 0) is 17.2 Å². The first kappa shape index (κ1) is 17.4. The lowest BCUT2D eigenvalue weighted by Gasteiger charge is -2.18. The molecule has 6 heteroatoms. The first-order valence-electron chi connectivity index (χ1n) is 8.44. The normalized spacial score (nSPS) is 13.7. The fourth-order valence-corrected chi connectivity index (χ4v) is 3.74. The highest BCUT2D eigenvalue weighted by molar-refractivity contribution is 7.84. The molecule has 0 aliphatic rings. The standard InChI is InChI=1S/C19H22N4OS/c1-4-14-11-18(21-13(2)9-10-25(3)24)23-17-8-6-5-7-16(17)22-19(23)15(14)12-20/h5-8,11,13,21H,4,9-10H2,1-3H3/t13-,25-/m1/s1. The molecule has 0 amide bonds. The molecule has 0 spiro atoms. The van der Waals surface area contributed by atoms with Gasteiger partial charge in [-0.1, -0.05) is 19.1 Å². The van der Waals surface area contributed by atoms with E-state index >= 15 is 0 Å². The number of pyridine rings is 1. The summed E-state index contributed by atoms with van der Waals surface area (Å²) >= 11 is 0. The molecule has 1 aromatic carbocycles. The first-order valence-corrected chi connectivity index (χ1v) is 10.2. The number of benzene rings is 1. The predicted molar refractivity (Wildman–Crippen MR) is 103 cm³/mol. The smallest absolute Gasteiger partial charge is 0.157 e. The van der Waals surface area contributed by atoms with Crippen LogP contribution in [0.3, 0.4) is 0 Å². The molecule has 0 bridgehead atoms. The van der Waals surface area contributed by atoms with Gasteiger partial charge in [-0.25, -0.2) is 4.98 Å². The largest absolute Gasteiger partial charge is 0.369 e. The van der Waals surface area contributed by atoms with Crippen LogP contribution in [0.15, 0.2) is 30.3 Å². The number of rotatable bonds is 6. The molecule has 2 heterocycles. The summed E-state index contributed by atoms with van der Waals surface area (Å²) in [7, 11) is -0.799. The molecule has 0 saturated carbocycles. The molecule has 3 aromatic rings. The van der Waals surface area contributed by atoms with Crippen LogP contribution >= 0.6 is 0 Å². The average Bonchev–Trinajstić information content (AvgIpc) is 2.99. The summed E-state index contributed by atoms with van der Waals surface area (Å²) in [6.07, 6.45) is 3.31. The maximum Gasteiger partial charge on any atom is 0.157 e. The minimum atomic E-state index is -0.799. The molecule has 0 radical (unpaired) electrons. The molecule has 130 valence electrons. The maximum absolute atomic E-state index is 11.4. The number of aromatic nitrogens is 2. The van der Waals surface area contributed by atoms with Gasteiger partial charge in [0, 0.05) is 28.9 Å². The summed E-state index contributed by atoms with van der Waals surface area (Å²) in [5.41, 5.74) is 4.16. The number of aryl methyl sites for hydroxylation is 1. The van der Waals surface area contributed by atoms with Gasteiger partial charge in [-0.3, -0.25) is 8.61 Å². The Hall–Kier alpha value is -2.39. The van der Waals surface area contributed by atoms with Crippen LogP contribution in [0.1, 0.15) is 31.4 Å². The lowest BCUT2D eigenvalue weighted by atomic mass is 10.1. The lowest BCUT2D eigenvalue weighted by molar-refractivity contribution is 0.678. The van der Waals surface area contributed by atoms with Crippen molar-refractivity contribution in [3.8, 4) is 6.07 Å². The van der Waals surface area contributed by atoms with Crippen LogP contribution in [0.5, 0.6) is 0 Å². The summed E-state index contributed by atoms with van der Waals surface area (Å²) in [4.78, 5) is 4.69. The molecule has 25 heavy (non-hydrogen) atoms. The van der Waals surface area contributed by atoms with Gasteiger partial charge >= 0.3 is 0 Å². The number of imidazole rings is 1. The third-order valence-corrected chi connectivity index (χ3v) is 5.19. The number of hydrogen-bond acceptors (Lipinski definition) is 4. The first-order chi connectivity index (χ1) is 12.0. The van der Waals surface area contributed by atoms with Crippen LogP contribution in [0.4, 0.5) is 5.82 Å². The van der Waals surface area contributed by atoms with Gasteiger partial charge in [0.2, 0.25) is 0 Å². The Labute approximate surface area is 150 Å². The van der Waals surface area contributed by atoms with Crippen molar-refractivity contribution in [3.63, 3.8) is 0 Å². The number of nitrogens with one attached hydrogen (secondary N) is 1. The molecule has 0 aliphatic heterocycles. The van der Waals surface area contributed by atoms with Crippen molar-refractivity contribution in [1.29, 1.82) is 5.26 Å². The van der Waals surface area contributed by atoms with Crippen molar-refractivity contribution in [2.24, 2.45) is 0 Å². The molecule has 5 nitrogen and oxygen atoms in total. The second kappa shape index (κ2) is 7.24. The third kappa shape index (κ3) is 3.38. The van der Waals surface area contributed by atoms with Crippen molar-refractivity contribution in [2.75, 3.05) is 17.3 Å². The monoisotopic (exact) mass is 354 g/mol. The van der Waals surface area contributed by atoms with Crippen LogP contribution in [0.25, 0.3) is 16.7 Å². The van der Waals surface area contributed by atoms with Gasteiger partial charge in [-0.15, -0.1) is 0 Å². The summed E-state index contributed by atoms with van der Waals surface area (Å²) in [6, 6.07) is 12.4. The van der Waals surface area contributed by atoms with Crippen LogP contribution in [0, 0.1) is 11.3 Å². The van der Waals surface area contributed by atoms with Gasteiger partial charge in [-0.05, 0) is 43.5 Å². The topological polar surface area (TPSA) is 70.2 Å². The van der Waals surface area contributed by atoms with E-state index in [4.69, 9.17) is 0 Å². The zero-order chi connectivity index (χ0) is 18.0. The van der Waals surface area contributed by atoms with Gasteiger partial charge in [0.05, 0.1) is 16.6 Å². The van der Waals surface area contributed by atoms with E-state index in [-0.39, 0.29) is 6.04 Å². The molecule has 3 rings (SSSR count). The fraction of sp³-hybridized carbons (Fsp3) is 0.368. The molecule has 1 N–H and O–H groups in total. The third-order valence-electron chi connectivity index (χ3n) is 4.38. The minimum absolute atomic E-state index is 0.172. The molecule has 0 aliphatic carbocycles. The molecule has 2 aromatic heterocycles. The Bertz CT molecular complexity index is 986. The van der Waals surface area contributed by atoms with E-state index in [9.17, 15) is 9.47 Å². The van der Waals surface area contributed by atoms with Gasteiger partial charge in [-0.2, -0.15) is 5.26 Å². The van der Waals surface area contributed by atoms with E-state index in [0.717, 1.165) is 35.3 Å². The van der Waals surface area contributed by atoms with E-state index in [2.05, 4.69) is 23.3 Å². The number of nitriles is 1. The van der Waals surface area contributed by atoms with Crippen LogP contribution < -0.4 is 5.32 Å². The Balaban J connectivity index is 2.16. The summed E-state index contributed by atoms with van der Waals surface area (Å²) in [5, 5.41) is 13.2. The Morgan fingerprint density at radius 2 is 2.16 bits per heavy atom. The van der Waals surface area contributed by atoms with Crippen molar-refractivity contribution >= 4 is 33.3 Å². The minimum Gasteiger partial charge on any atom is -0.369 e. The van der Waals surface area contributed by atoms with Gasteiger partial charge in [0.1, 0.15) is 11.9 Å². The zero-order valence-corrected chi connectivity index (χ0v) is 15.6. The highest BCUT2D eigenvalue weighted by Gasteiger charge is 2.17. The Morgan fingerprint density at radius 1 is 1.40 bits per heavy atom. The van der Waals surface area contributed by atoms with Crippen LogP contribution in [0.2, 0.25) is 0 Å². The summed E-state index contributed by atoms with van der Waals surface area (Å²) in [6.45, 7) is 4.13. The zero-order valence-electron chi connectivity index (χ0n) is 14.7. The highest BCUT2D eigenvalue weighted by Crippen LogP contribution is 2.27. The number of anilines is 1. The van der Waals surface area contributed by atoms with Gasteiger partial charge < -0.3 is 5.32 Å². The summed E-state index contributed by atoms with van der Waals surface area (Å²) in [5.74, 6) is 1.59. The highest BCUT2D eigenvalue weighted by atomic mass is 32.2. The quantitative estimate of drug-likeness (QED) is 0.735. The second-order valence-electron chi connectivity index (χ2n) is 6.27. The van der Waals surface area contributed by atoms with Crippen molar-refractivity contribution in [3.05, 3.63) is 41.5 Å². The fourth-order valence-electron chi connectivity index (χ4n) is 3.06. The summed E-state index contributed by atoms with van der Waals surface area (Å²) < 4.78 is 13.4. The second-order valence-corrected chi connectivity index (χ2v) is 7.82. The molecule has 0 saturated heterocycles. The molecule has 0 unspecified atom stereocenters.